The molecule has 3 rings (SSSR count). The van der Waals surface area contributed by atoms with Crippen LogP contribution >= 0.6 is 0 Å². The number of hydrogen-bond donors (Lipinski definition) is 2. The molecule has 3 aromatic rings. The van der Waals surface area contributed by atoms with Gasteiger partial charge < -0.3 is 9.84 Å². The number of nitrogens with zero attached hydrogens (tertiary/aromatic N) is 1. The van der Waals surface area contributed by atoms with Crippen molar-refractivity contribution in [2.24, 2.45) is 0 Å². The number of rotatable bonds is 5. The highest BCUT2D eigenvalue weighted by Gasteiger charge is 2.22. The predicted molar refractivity (Wildman–Crippen MR) is 92.5 cm³/mol. The van der Waals surface area contributed by atoms with Crippen molar-refractivity contribution in [2.45, 2.75) is 4.90 Å². The Kier molecular flexibility index (Phi) is 4.47. The average molecular weight is 376 g/mol. The van der Waals surface area contributed by atoms with Crippen molar-refractivity contribution in [1.29, 1.82) is 0 Å². The molecule has 0 aliphatic heterocycles. The van der Waals surface area contributed by atoms with Gasteiger partial charge in [-0.05, 0) is 42.5 Å². The summed E-state index contributed by atoms with van der Waals surface area (Å²) in [6.07, 6.45) is 1.53. The van der Waals surface area contributed by atoms with Gasteiger partial charge in [0, 0.05) is 11.6 Å². The first-order valence-corrected chi connectivity index (χ1v) is 8.79. The number of nitrogens with one attached hydrogen (secondary N) is 1. The number of methoxy groups -OCH3 is 1. The number of carboxylic acids is 1. The van der Waals surface area contributed by atoms with E-state index in [0.717, 1.165) is 18.2 Å². The summed E-state index contributed by atoms with van der Waals surface area (Å²) < 4.78 is 46.7. The largest absolute Gasteiger partial charge is 0.494 e. The molecule has 0 radical (unpaired) electrons. The molecule has 0 atom stereocenters. The van der Waals surface area contributed by atoms with Gasteiger partial charge in [0.1, 0.15) is 22.0 Å². The molecule has 2 N–H and O–H groups in total. The lowest BCUT2D eigenvalue weighted by Crippen LogP contribution is -2.16. The topological polar surface area (TPSA) is 106 Å². The van der Waals surface area contributed by atoms with Gasteiger partial charge in [0.05, 0.1) is 18.4 Å². The van der Waals surface area contributed by atoms with E-state index in [1.54, 1.807) is 12.1 Å². The second-order valence-electron chi connectivity index (χ2n) is 5.27. The maximum absolute atomic E-state index is 14.0. The number of ether oxygens (including phenoxy) is 1. The molecule has 9 heteroatoms. The van der Waals surface area contributed by atoms with Crippen molar-refractivity contribution in [3.63, 3.8) is 0 Å². The molecule has 0 saturated heterocycles. The van der Waals surface area contributed by atoms with Gasteiger partial charge in [-0.15, -0.1) is 0 Å². The second-order valence-corrected chi connectivity index (χ2v) is 6.92. The quantitative estimate of drug-likeness (QED) is 0.709. The summed E-state index contributed by atoms with van der Waals surface area (Å²) in [5, 5.41) is 9.44. The van der Waals surface area contributed by atoms with Crippen LogP contribution < -0.4 is 9.46 Å². The SMILES string of the molecule is COc1ccc(NS(=O)(=O)c2cc(C(=O)O)ccc2F)c2cccnc12. The van der Waals surface area contributed by atoms with E-state index < -0.39 is 26.7 Å². The number of halogens is 1. The summed E-state index contributed by atoms with van der Waals surface area (Å²) in [6, 6.07) is 8.79. The zero-order valence-corrected chi connectivity index (χ0v) is 14.2. The lowest BCUT2D eigenvalue weighted by molar-refractivity contribution is 0.0696. The Morgan fingerprint density at radius 2 is 2.00 bits per heavy atom. The van der Waals surface area contributed by atoms with Crippen LogP contribution in [0.15, 0.2) is 53.6 Å². The maximum atomic E-state index is 14.0. The molecule has 134 valence electrons. The van der Waals surface area contributed by atoms with Crippen LogP contribution in [0.4, 0.5) is 10.1 Å². The number of fused-ring (bicyclic) bond motifs is 1. The van der Waals surface area contributed by atoms with Crippen molar-refractivity contribution in [2.75, 3.05) is 11.8 Å². The molecule has 0 bridgehead atoms. The molecule has 1 aromatic heterocycles. The predicted octanol–water partition coefficient (Wildman–Crippen LogP) is 2.88. The zero-order valence-electron chi connectivity index (χ0n) is 13.4. The molecule has 0 amide bonds. The molecule has 2 aromatic carbocycles. The smallest absolute Gasteiger partial charge is 0.335 e. The van der Waals surface area contributed by atoms with Gasteiger partial charge in [0.2, 0.25) is 0 Å². The number of aromatic nitrogens is 1. The summed E-state index contributed by atoms with van der Waals surface area (Å²) in [6.45, 7) is 0. The second kappa shape index (κ2) is 6.60. The first-order valence-electron chi connectivity index (χ1n) is 7.31. The van der Waals surface area contributed by atoms with E-state index >= 15 is 0 Å². The lowest BCUT2D eigenvalue weighted by atomic mass is 10.2. The minimum absolute atomic E-state index is 0.161. The molecule has 0 fully saturated rings. The molecular formula is C17H13FN2O5S. The summed E-state index contributed by atoms with van der Waals surface area (Å²) in [5.74, 6) is -1.97. The molecule has 1 heterocycles. The van der Waals surface area contributed by atoms with Crippen molar-refractivity contribution < 1.29 is 27.4 Å². The monoisotopic (exact) mass is 376 g/mol. The van der Waals surface area contributed by atoms with Gasteiger partial charge >= 0.3 is 5.97 Å². The highest BCUT2D eigenvalue weighted by atomic mass is 32.2. The van der Waals surface area contributed by atoms with E-state index in [0.29, 0.717) is 16.7 Å². The van der Waals surface area contributed by atoms with Crippen molar-refractivity contribution in [1.82, 2.24) is 4.98 Å². The summed E-state index contributed by atoms with van der Waals surface area (Å²) in [7, 11) is -2.91. The van der Waals surface area contributed by atoms with Gasteiger partial charge in [-0.3, -0.25) is 9.71 Å². The van der Waals surface area contributed by atoms with E-state index in [9.17, 15) is 17.6 Å². The van der Waals surface area contributed by atoms with Crippen LogP contribution in [0, 0.1) is 5.82 Å². The zero-order chi connectivity index (χ0) is 18.9. The highest BCUT2D eigenvalue weighted by Crippen LogP contribution is 2.31. The molecule has 0 spiro atoms. The van der Waals surface area contributed by atoms with Crippen LogP contribution in [0.2, 0.25) is 0 Å². The molecule has 7 nitrogen and oxygen atoms in total. The third kappa shape index (κ3) is 3.16. The Hall–Kier alpha value is -3.20. The first kappa shape index (κ1) is 17.6. The number of aromatic carboxylic acids is 1. The van der Waals surface area contributed by atoms with Crippen LogP contribution in [0.25, 0.3) is 10.9 Å². The van der Waals surface area contributed by atoms with Crippen molar-refractivity contribution in [3.05, 3.63) is 60.0 Å². The maximum Gasteiger partial charge on any atom is 0.335 e. The fraction of sp³-hybridized carbons (Fsp3) is 0.0588. The van der Waals surface area contributed by atoms with E-state index in [4.69, 9.17) is 9.84 Å². The van der Waals surface area contributed by atoms with Gasteiger partial charge in [-0.25, -0.2) is 17.6 Å². The third-order valence-electron chi connectivity index (χ3n) is 3.66. The van der Waals surface area contributed by atoms with Crippen molar-refractivity contribution in [3.8, 4) is 5.75 Å². The Morgan fingerprint density at radius 3 is 2.69 bits per heavy atom. The lowest BCUT2D eigenvalue weighted by Gasteiger charge is -2.13. The first-order chi connectivity index (χ1) is 12.3. The Balaban J connectivity index is 2.11. The Labute approximate surface area is 148 Å². The van der Waals surface area contributed by atoms with E-state index in [-0.39, 0.29) is 11.3 Å². The number of anilines is 1. The van der Waals surface area contributed by atoms with Crippen LogP contribution in [0.5, 0.6) is 5.75 Å². The summed E-state index contributed by atoms with van der Waals surface area (Å²) >= 11 is 0. The van der Waals surface area contributed by atoms with Crippen molar-refractivity contribution >= 4 is 32.6 Å². The molecule has 0 aliphatic carbocycles. The summed E-state index contributed by atoms with van der Waals surface area (Å²) in [5.41, 5.74) is 0.247. The fourth-order valence-corrected chi connectivity index (χ4v) is 3.63. The minimum atomic E-state index is -4.37. The number of sulfonamides is 1. The number of carbonyl (C=O) groups is 1. The number of hydrogen-bond acceptors (Lipinski definition) is 5. The van der Waals surface area contributed by atoms with E-state index in [1.807, 2.05) is 0 Å². The fourth-order valence-electron chi connectivity index (χ4n) is 2.44. The van der Waals surface area contributed by atoms with Crippen LogP contribution in [0.3, 0.4) is 0 Å². The van der Waals surface area contributed by atoms with E-state index in [2.05, 4.69) is 9.71 Å². The van der Waals surface area contributed by atoms with Crippen LogP contribution in [0.1, 0.15) is 10.4 Å². The van der Waals surface area contributed by atoms with Gasteiger partial charge in [0.15, 0.2) is 0 Å². The number of pyridine rings is 1. The standard InChI is InChI=1S/C17H13FN2O5S/c1-25-14-7-6-13(11-3-2-8-19-16(11)14)20-26(23,24)15-9-10(17(21)22)4-5-12(15)18/h2-9,20H,1H3,(H,21,22). The normalized spacial score (nSPS) is 11.3. The molecule has 26 heavy (non-hydrogen) atoms. The van der Waals surface area contributed by atoms with Gasteiger partial charge in [-0.1, -0.05) is 0 Å². The number of benzene rings is 2. The van der Waals surface area contributed by atoms with Crippen LogP contribution in [-0.2, 0) is 10.0 Å². The van der Waals surface area contributed by atoms with E-state index in [1.165, 1.54) is 25.4 Å². The minimum Gasteiger partial charge on any atom is -0.494 e. The summed E-state index contributed by atoms with van der Waals surface area (Å²) in [4.78, 5) is 14.4. The molecule has 0 saturated carbocycles. The average Bonchev–Trinajstić information content (AvgIpc) is 2.62. The highest BCUT2D eigenvalue weighted by molar-refractivity contribution is 7.92. The molecule has 0 unspecified atom stereocenters. The number of carboxylic acid groups (broad SMARTS) is 1. The van der Waals surface area contributed by atoms with Gasteiger partial charge in [0.25, 0.3) is 10.0 Å². The molecule has 0 aliphatic rings. The Morgan fingerprint density at radius 1 is 1.23 bits per heavy atom. The van der Waals surface area contributed by atoms with Gasteiger partial charge in [-0.2, -0.15) is 0 Å². The third-order valence-corrected chi connectivity index (χ3v) is 5.05. The Bertz CT molecular complexity index is 1120. The van der Waals surface area contributed by atoms with Crippen LogP contribution in [-0.4, -0.2) is 31.6 Å². The molecular weight excluding hydrogens is 363 g/mol.